The average Bonchev–Trinajstić information content (AvgIpc) is 2.51. The van der Waals surface area contributed by atoms with Crippen molar-refractivity contribution in [2.45, 2.75) is 32.9 Å². The molecule has 0 saturated carbocycles. The first-order valence-corrected chi connectivity index (χ1v) is 7.77. The lowest BCUT2D eigenvalue weighted by Gasteiger charge is -2.31. The minimum absolute atomic E-state index is 0.0167. The Labute approximate surface area is 131 Å². The number of ether oxygens (including phenoxy) is 1. The summed E-state index contributed by atoms with van der Waals surface area (Å²) in [4.78, 5) is 25.1. The zero-order valence-corrected chi connectivity index (χ0v) is 13.5. The topological polar surface area (TPSA) is 59.8 Å². The van der Waals surface area contributed by atoms with Crippen LogP contribution in [0.1, 0.15) is 25.0 Å². The van der Waals surface area contributed by atoms with E-state index in [1.165, 1.54) is 18.2 Å². The highest BCUT2D eigenvalue weighted by molar-refractivity contribution is 5.78. The molecule has 5 heteroatoms. The molecule has 0 bridgehead atoms. The number of esters is 1. The summed E-state index contributed by atoms with van der Waals surface area (Å²) >= 11 is 0. The monoisotopic (exact) mass is 305 g/mol. The van der Waals surface area contributed by atoms with Crippen LogP contribution in [0.3, 0.4) is 0 Å². The molecule has 0 fully saturated rings. The number of benzene rings is 1. The van der Waals surface area contributed by atoms with Crippen molar-refractivity contribution in [2.24, 2.45) is 5.92 Å². The normalized spacial score (nSPS) is 20.4. The summed E-state index contributed by atoms with van der Waals surface area (Å²) in [5.74, 6) is 0.149. The molecular weight excluding hydrogens is 280 g/mol. The van der Waals surface area contributed by atoms with Crippen molar-refractivity contribution in [3.8, 4) is 0 Å². The van der Waals surface area contributed by atoms with E-state index in [0.717, 1.165) is 4.90 Å². The Kier molecular flexibility index (Phi) is 5.55. The predicted molar refractivity (Wildman–Crippen MR) is 83.3 cm³/mol. The second-order valence-electron chi connectivity index (χ2n) is 6.26. The molecule has 0 aromatic heterocycles. The number of hydrogen-bond donors (Lipinski definition) is 2. The number of rotatable bonds is 5. The van der Waals surface area contributed by atoms with Gasteiger partial charge in [-0.25, -0.2) is 4.79 Å². The molecular formula is C17H25N2O3+. The fourth-order valence-corrected chi connectivity index (χ4v) is 2.83. The number of carbonyl (C=O) groups is 2. The predicted octanol–water partition coefficient (Wildman–Crippen LogP) is -0.0586. The summed E-state index contributed by atoms with van der Waals surface area (Å²) < 4.78 is 4.92. The molecule has 5 nitrogen and oxygen atoms in total. The third kappa shape index (κ3) is 4.07. The molecule has 1 aromatic carbocycles. The molecule has 0 spiro atoms. The summed E-state index contributed by atoms with van der Waals surface area (Å²) in [5, 5.41) is 2.92. The van der Waals surface area contributed by atoms with E-state index in [2.05, 4.69) is 25.2 Å². The van der Waals surface area contributed by atoms with E-state index in [4.69, 9.17) is 4.74 Å². The van der Waals surface area contributed by atoms with Crippen LogP contribution in [-0.2, 0) is 27.3 Å². The first-order chi connectivity index (χ1) is 10.5. The molecule has 0 aliphatic carbocycles. The van der Waals surface area contributed by atoms with Gasteiger partial charge in [-0.1, -0.05) is 38.1 Å². The van der Waals surface area contributed by atoms with E-state index >= 15 is 0 Å². The minimum atomic E-state index is -0.315. The second-order valence-corrected chi connectivity index (χ2v) is 6.26. The Bertz CT molecular complexity index is 542. The fraction of sp³-hybridized carbons (Fsp3) is 0.529. The number of methoxy groups -OCH3 is 1. The summed E-state index contributed by atoms with van der Waals surface area (Å²) in [7, 11) is 1.40. The van der Waals surface area contributed by atoms with Crippen LogP contribution in [0.25, 0.3) is 0 Å². The molecule has 0 saturated heterocycles. The molecule has 1 heterocycles. The number of amides is 1. The number of hydrogen-bond acceptors (Lipinski definition) is 3. The van der Waals surface area contributed by atoms with Gasteiger partial charge in [0.15, 0.2) is 12.6 Å². The van der Waals surface area contributed by atoms with Gasteiger partial charge < -0.3 is 15.0 Å². The van der Waals surface area contributed by atoms with Gasteiger partial charge in [0.1, 0.15) is 6.54 Å². The standard InChI is InChI=1S/C17H24N2O3/c1-12(2)9-18-16(20)11-19-10-14-7-5-4-6-13(14)8-15(19)17(21)22-3/h4-7,12,15H,8-11H2,1-3H3,(H,18,20)/p+1/t15-/m0/s1. The number of fused-ring (bicyclic) bond motifs is 1. The molecule has 2 atom stereocenters. The quantitative estimate of drug-likeness (QED) is 0.750. The smallest absolute Gasteiger partial charge is 0.365 e. The lowest BCUT2D eigenvalue weighted by Crippen LogP contribution is -3.17. The molecule has 22 heavy (non-hydrogen) atoms. The van der Waals surface area contributed by atoms with Gasteiger partial charge in [-0.15, -0.1) is 0 Å². The van der Waals surface area contributed by atoms with Crippen molar-refractivity contribution in [2.75, 3.05) is 20.2 Å². The molecule has 2 N–H and O–H groups in total. The van der Waals surface area contributed by atoms with Gasteiger partial charge in [0, 0.05) is 18.5 Å². The number of quaternary nitrogens is 1. The van der Waals surface area contributed by atoms with Gasteiger partial charge in [-0.3, -0.25) is 4.79 Å². The molecule has 1 unspecified atom stereocenters. The zero-order valence-electron chi connectivity index (χ0n) is 13.5. The lowest BCUT2D eigenvalue weighted by atomic mass is 9.94. The second kappa shape index (κ2) is 7.40. The Hall–Kier alpha value is -1.88. The first-order valence-electron chi connectivity index (χ1n) is 7.77. The highest BCUT2D eigenvalue weighted by atomic mass is 16.5. The molecule has 0 radical (unpaired) electrons. The zero-order chi connectivity index (χ0) is 16.1. The SMILES string of the molecule is COC(=O)[C@@H]1Cc2ccccc2C[NH+]1CC(=O)NCC(C)C. The van der Waals surface area contributed by atoms with Gasteiger partial charge in [0.25, 0.3) is 5.91 Å². The van der Waals surface area contributed by atoms with Crippen LogP contribution in [-0.4, -0.2) is 38.1 Å². The fourth-order valence-electron chi connectivity index (χ4n) is 2.83. The first kappa shape index (κ1) is 16.5. The highest BCUT2D eigenvalue weighted by Crippen LogP contribution is 2.14. The number of carbonyl (C=O) groups excluding carboxylic acids is 2. The van der Waals surface area contributed by atoms with E-state index in [9.17, 15) is 9.59 Å². The third-order valence-corrected chi connectivity index (χ3v) is 4.03. The van der Waals surface area contributed by atoms with Crippen molar-refractivity contribution in [3.63, 3.8) is 0 Å². The molecule has 1 aliphatic heterocycles. The summed E-state index contributed by atoms with van der Waals surface area (Å²) in [6, 6.07) is 7.77. The van der Waals surface area contributed by atoms with Crippen molar-refractivity contribution >= 4 is 11.9 Å². The van der Waals surface area contributed by atoms with Crippen LogP contribution in [0.4, 0.5) is 0 Å². The van der Waals surface area contributed by atoms with Crippen LogP contribution < -0.4 is 10.2 Å². The summed E-state index contributed by atoms with van der Waals surface area (Å²) in [6.45, 7) is 5.74. The van der Waals surface area contributed by atoms with E-state index < -0.39 is 0 Å². The molecule has 120 valence electrons. The van der Waals surface area contributed by atoms with Crippen LogP contribution in [0.2, 0.25) is 0 Å². The average molecular weight is 305 g/mol. The Morgan fingerprint density at radius 1 is 1.32 bits per heavy atom. The molecule has 1 aliphatic rings. The van der Waals surface area contributed by atoms with E-state index in [0.29, 0.717) is 32.0 Å². The molecule has 2 rings (SSSR count). The van der Waals surface area contributed by atoms with Gasteiger partial charge in [-0.05, 0) is 11.5 Å². The summed E-state index contributed by atoms with van der Waals surface area (Å²) in [5.41, 5.74) is 2.37. The molecule has 1 aromatic rings. The van der Waals surface area contributed by atoms with Crippen molar-refractivity contribution in [3.05, 3.63) is 35.4 Å². The largest absolute Gasteiger partial charge is 0.465 e. The van der Waals surface area contributed by atoms with Crippen LogP contribution >= 0.6 is 0 Å². The Morgan fingerprint density at radius 2 is 2.00 bits per heavy atom. The van der Waals surface area contributed by atoms with Crippen molar-refractivity contribution in [1.82, 2.24) is 5.32 Å². The van der Waals surface area contributed by atoms with Crippen molar-refractivity contribution < 1.29 is 19.2 Å². The van der Waals surface area contributed by atoms with Gasteiger partial charge in [-0.2, -0.15) is 0 Å². The van der Waals surface area contributed by atoms with Crippen LogP contribution in [0, 0.1) is 5.92 Å². The van der Waals surface area contributed by atoms with Crippen LogP contribution in [0.5, 0.6) is 0 Å². The van der Waals surface area contributed by atoms with E-state index in [1.807, 2.05) is 18.2 Å². The van der Waals surface area contributed by atoms with Gasteiger partial charge >= 0.3 is 5.97 Å². The van der Waals surface area contributed by atoms with Gasteiger partial charge in [0.2, 0.25) is 0 Å². The number of nitrogens with one attached hydrogen (secondary N) is 2. The molecule has 1 amide bonds. The van der Waals surface area contributed by atoms with E-state index in [1.54, 1.807) is 0 Å². The lowest BCUT2D eigenvalue weighted by molar-refractivity contribution is -0.924. The van der Waals surface area contributed by atoms with Gasteiger partial charge in [0.05, 0.1) is 7.11 Å². The highest BCUT2D eigenvalue weighted by Gasteiger charge is 2.36. The Balaban J connectivity index is 2.09. The third-order valence-electron chi connectivity index (χ3n) is 4.03. The maximum absolute atomic E-state index is 12.1. The minimum Gasteiger partial charge on any atom is -0.465 e. The Morgan fingerprint density at radius 3 is 2.64 bits per heavy atom. The van der Waals surface area contributed by atoms with Crippen molar-refractivity contribution in [1.29, 1.82) is 0 Å². The summed E-state index contributed by atoms with van der Waals surface area (Å²) in [6.07, 6.45) is 0.621. The maximum atomic E-state index is 12.1. The van der Waals surface area contributed by atoms with E-state index in [-0.39, 0.29) is 17.9 Å². The van der Waals surface area contributed by atoms with Crippen LogP contribution in [0.15, 0.2) is 24.3 Å². The maximum Gasteiger partial charge on any atom is 0.365 e.